The molecule has 1 aromatic heterocycles. The van der Waals surface area contributed by atoms with Crippen molar-refractivity contribution in [2.75, 3.05) is 34.3 Å². The van der Waals surface area contributed by atoms with Crippen molar-refractivity contribution in [2.24, 2.45) is 17.8 Å². The van der Waals surface area contributed by atoms with Gasteiger partial charge in [0.15, 0.2) is 17.7 Å². The molecule has 3 fully saturated rings. The lowest BCUT2D eigenvalue weighted by Gasteiger charge is -2.47. The highest BCUT2D eigenvalue weighted by Gasteiger charge is 2.56. The summed E-state index contributed by atoms with van der Waals surface area (Å²) in [6.07, 6.45) is 2.42. The largest absolute Gasteiger partial charge is 0.458 e. The highest BCUT2D eigenvalue weighted by molar-refractivity contribution is 6.00. The summed E-state index contributed by atoms with van der Waals surface area (Å²) in [6.45, 7) is 15.7. The Labute approximate surface area is 332 Å². The molecule has 3 aliphatic heterocycles. The number of hydrogen-bond donors (Lipinski definition) is 2. The number of nitrogens with zero attached hydrogens (tertiary/aromatic N) is 3. The zero-order valence-corrected chi connectivity index (χ0v) is 35.1. The average molecular weight is 781 g/mol. The first-order valence-electron chi connectivity index (χ1n) is 20.1. The third-order valence-corrected chi connectivity index (χ3v) is 12.3. The molecule has 56 heavy (non-hydrogen) atoms. The van der Waals surface area contributed by atoms with E-state index in [9.17, 15) is 19.5 Å². The van der Waals surface area contributed by atoms with E-state index in [0.717, 1.165) is 16.5 Å². The first-order chi connectivity index (χ1) is 26.4. The molecule has 1 amide bonds. The van der Waals surface area contributed by atoms with Crippen molar-refractivity contribution >= 4 is 34.8 Å². The Kier molecular flexibility index (Phi) is 14.0. The van der Waals surface area contributed by atoms with Crippen molar-refractivity contribution < 1.29 is 43.2 Å². The number of alkyl carbamates (subject to hydrolysis) is 1. The van der Waals surface area contributed by atoms with Gasteiger partial charge >= 0.3 is 12.1 Å². The molecule has 0 saturated carbocycles. The van der Waals surface area contributed by atoms with Crippen LogP contribution in [0, 0.1) is 17.8 Å². The molecule has 3 saturated heterocycles. The molecule has 2 N–H and O–H groups in total. The van der Waals surface area contributed by atoms with E-state index in [2.05, 4.69) is 28.2 Å². The minimum atomic E-state index is -1.19. The number of pyridine rings is 1. The first kappa shape index (κ1) is 43.7. The number of carbonyl (C=O) groups is 3. The Balaban J connectivity index is 1.54. The maximum absolute atomic E-state index is 14.5. The number of esters is 1. The summed E-state index contributed by atoms with van der Waals surface area (Å²) in [7, 11) is 5.81. The van der Waals surface area contributed by atoms with E-state index in [1.807, 2.05) is 96.4 Å². The van der Waals surface area contributed by atoms with Gasteiger partial charge in [-0.2, -0.15) is 0 Å². The predicted octanol–water partition coefficient (Wildman–Crippen LogP) is 5.22. The van der Waals surface area contributed by atoms with Crippen molar-refractivity contribution in [1.82, 2.24) is 20.1 Å². The molecule has 0 bridgehead atoms. The minimum absolute atomic E-state index is 0.0214. The zero-order chi connectivity index (χ0) is 41.1. The van der Waals surface area contributed by atoms with E-state index in [0.29, 0.717) is 25.8 Å². The average Bonchev–Trinajstić information content (AvgIpc) is 3.47. The van der Waals surface area contributed by atoms with Gasteiger partial charge in [0.1, 0.15) is 18.1 Å². The Morgan fingerprint density at radius 1 is 1.11 bits per heavy atom. The van der Waals surface area contributed by atoms with Crippen LogP contribution >= 0.6 is 0 Å². The number of likely N-dealkylation sites (N-methyl/N-ethyl adjacent to an activating group) is 2. The molecule has 2 aromatic rings. The van der Waals surface area contributed by atoms with Gasteiger partial charge in [0.05, 0.1) is 36.0 Å². The SMILES string of the molecule is CC[C@H]1OC(=O)C(C)C(=O)[C@H](C)C(O[C@@H]2OC(C)CC(N(C)C)C2O)[C@](C)(OC/C=C/c2cnc3ccccc3c2)C[C@@H](C)CN(C)[C@H](C)[C@H]2NC(=O)O[C@@]21C. The third-order valence-electron chi connectivity index (χ3n) is 12.3. The lowest BCUT2D eigenvalue weighted by molar-refractivity contribution is -0.297. The van der Waals surface area contributed by atoms with Gasteiger partial charge in [-0.3, -0.25) is 14.6 Å². The highest BCUT2D eigenvalue weighted by Crippen LogP contribution is 2.39. The van der Waals surface area contributed by atoms with Gasteiger partial charge in [-0.05, 0) is 98.6 Å². The molecular formula is C43H64N4O9. The number of rotatable bonds is 8. The van der Waals surface area contributed by atoms with Gasteiger partial charge in [-0.25, -0.2) is 4.79 Å². The van der Waals surface area contributed by atoms with Crippen LogP contribution in [0.3, 0.4) is 0 Å². The van der Waals surface area contributed by atoms with Crippen LogP contribution in [0.25, 0.3) is 17.0 Å². The number of hydrogen-bond acceptors (Lipinski definition) is 12. The quantitative estimate of drug-likeness (QED) is 0.267. The number of aromatic nitrogens is 1. The minimum Gasteiger partial charge on any atom is -0.458 e. The summed E-state index contributed by atoms with van der Waals surface area (Å²) in [6, 6.07) is 9.00. The summed E-state index contributed by atoms with van der Waals surface area (Å²) in [5.41, 5.74) is -0.492. The van der Waals surface area contributed by atoms with E-state index in [4.69, 9.17) is 23.7 Å². The standard InChI is InChI=1S/C43H64N4O9/c1-12-34-43(8)37(45-41(51)56-43)29(6)47(11)24-25(2)22-42(7,52-19-15-16-30-21-31-17-13-14-18-32(31)44-23-30)38(27(4)35(48)28(5)39(50)54-34)55-40-36(49)33(46(9)10)20-26(3)53-40/h13-18,21,23,25-29,33-34,36-38,40,49H,12,19-20,22,24H2,1-11H3,(H,45,51)/b16-15+/t25-,26?,27+,28?,29-,33?,34-,36?,37-,38?,40+,42-,43-/m1/s1. The summed E-state index contributed by atoms with van der Waals surface area (Å²) >= 11 is 0. The topological polar surface area (TPSA) is 149 Å². The van der Waals surface area contributed by atoms with Crippen molar-refractivity contribution in [2.45, 2.75) is 135 Å². The second-order valence-corrected chi connectivity index (χ2v) is 17.0. The number of aliphatic hydroxyl groups is 1. The summed E-state index contributed by atoms with van der Waals surface area (Å²) in [4.78, 5) is 49.9. The van der Waals surface area contributed by atoms with Gasteiger partial charge in [0.2, 0.25) is 0 Å². The molecule has 3 aliphatic rings. The lowest BCUT2D eigenvalue weighted by Crippen LogP contribution is -2.60. The van der Waals surface area contributed by atoms with Crippen molar-refractivity contribution in [1.29, 1.82) is 0 Å². The second-order valence-electron chi connectivity index (χ2n) is 17.0. The van der Waals surface area contributed by atoms with Crippen LogP contribution < -0.4 is 5.32 Å². The Morgan fingerprint density at radius 3 is 2.52 bits per heavy atom. The fourth-order valence-electron chi connectivity index (χ4n) is 9.05. The molecule has 4 heterocycles. The van der Waals surface area contributed by atoms with E-state index in [1.165, 1.54) is 6.92 Å². The number of benzene rings is 1. The summed E-state index contributed by atoms with van der Waals surface area (Å²) in [5, 5.41) is 15.6. The van der Waals surface area contributed by atoms with Crippen LogP contribution in [0.4, 0.5) is 4.79 Å². The number of carbonyl (C=O) groups excluding carboxylic acids is 3. The second kappa shape index (κ2) is 18.0. The van der Waals surface area contributed by atoms with Crippen molar-refractivity contribution in [3.63, 3.8) is 0 Å². The van der Waals surface area contributed by atoms with Gasteiger partial charge in [-0.1, -0.05) is 51.1 Å². The molecule has 0 aliphatic carbocycles. The van der Waals surface area contributed by atoms with Gasteiger partial charge in [0, 0.05) is 36.1 Å². The Bertz CT molecular complexity index is 1720. The maximum atomic E-state index is 14.5. The van der Waals surface area contributed by atoms with E-state index in [-0.39, 0.29) is 30.7 Å². The van der Waals surface area contributed by atoms with Crippen LogP contribution in [0.5, 0.6) is 0 Å². The molecule has 310 valence electrons. The number of para-hydroxylation sites is 1. The van der Waals surface area contributed by atoms with Crippen LogP contribution in [-0.4, -0.2) is 132 Å². The van der Waals surface area contributed by atoms with Crippen LogP contribution in [-0.2, 0) is 33.3 Å². The number of ether oxygens (including phenoxy) is 5. The number of ketones is 1. The zero-order valence-electron chi connectivity index (χ0n) is 35.1. The molecular weight excluding hydrogens is 716 g/mol. The molecule has 13 heteroatoms. The summed E-state index contributed by atoms with van der Waals surface area (Å²) in [5.74, 6) is -3.22. The Morgan fingerprint density at radius 2 is 1.82 bits per heavy atom. The van der Waals surface area contributed by atoms with Gasteiger partial charge in [-0.15, -0.1) is 0 Å². The molecule has 0 spiro atoms. The van der Waals surface area contributed by atoms with Gasteiger partial charge in [0.25, 0.3) is 0 Å². The van der Waals surface area contributed by atoms with E-state index >= 15 is 0 Å². The van der Waals surface area contributed by atoms with Crippen LogP contribution in [0.15, 0.2) is 42.6 Å². The normalized spacial score (nSPS) is 38.2. The van der Waals surface area contributed by atoms with E-state index < -0.39 is 71.5 Å². The number of amides is 1. The molecule has 13 atom stereocenters. The molecule has 5 unspecified atom stereocenters. The summed E-state index contributed by atoms with van der Waals surface area (Å²) < 4.78 is 31.9. The number of Topliss-reactive ketones (excluding diaryl/α,β-unsaturated/α-hetero) is 1. The van der Waals surface area contributed by atoms with E-state index in [1.54, 1.807) is 13.8 Å². The molecule has 5 rings (SSSR count). The lowest BCUT2D eigenvalue weighted by atomic mass is 9.78. The fourth-order valence-corrected chi connectivity index (χ4v) is 9.05. The maximum Gasteiger partial charge on any atom is 0.408 e. The Hall–Kier alpha value is -3.46. The number of nitrogens with one attached hydrogen (secondary N) is 1. The van der Waals surface area contributed by atoms with Gasteiger partial charge < -0.3 is 43.9 Å². The smallest absolute Gasteiger partial charge is 0.408 e. The van der Waals surface area contributed by atoms with Crippen molar-refractivity contribution in [3.05, 3.63) is 48.2 Å². The third kappa shape index (κ3) is 9.45. The highest BCUT2D eigenvalue weighted by atomic mass is 16.7. The van der Waals surface area contributed by atoms with Crippen molar-refractivity contribution in [3.8, 4) is 0 Å². The number of aliphatic hydroxyl groups excluding tert-OH is 1. The van der Waals surface area contributed by atoms with Crippen LogP contribution in [0.1, 0.15) is 80.2 Å². The molecule has 0 radical (unpaired) electrons. The number of cyclic esters (lactones) is 1. The molecule has 13 nitrogen and oxygen atoms in total. The molecule has 1 aromatic carbocycles. The first-order valence-corrected chi connectivity index (χ1v) is 20.1. The fraction of sp³-hybridized carbons (Fsp3) is 0.674. The predicted molar refractivity (Wildman–Crippen MR) is 214 cm³/mol. The monoisotopic (exact) mass is 780 g/mol. The number of fused-ring (bicyclic) bond motifs is 2. The van der Waals surface area contributed by atoms with Crippen LogP contribution in [0.2, 0.25) is 0 Å².